The predicted molar refractivity (Wildman–Crippen MR) is 74.0 cm³/mol. The Morgan fingerprint density at radius 3 is 2.50 bits per heavy atom. The highest BCUT2D eigenvalue weighted by Gasteiger charge is 2.10. The highest BCUT2D eigenvalue weighted by atomic mass is 35.5. The van der Waals surface area contributed by atoms with Crippen LogP contribution in [0.15, 0.2) is 30.3 Å². The summed E-state index contributed by atoms with van der Waals surface area (Å²) in [4.78, 5) is 4.15. The van der Waals surface area contributed by atoms with Crippen LogP contribution < -0.4 is 0 Å². The topological polar surface area (TPSA) is 36.7 Å². The van der Waals surface area contributed by atoms with E-state index in [1.807, 2.05) is 6.07 Å². The lowest BCUT2D eigenvalue weighted by atomic mass is 10.1. The van der Waals surface area contributed by atoms with Crippen LogP contribution in [-0.2, 0) is 6.42 Å². The Hall–Kier alpha value is -1.27. The lowest BCUT2D eigenvalue weighted by Crippen LogP contribution is -1.91. The van der Waals surface area contributed by atoms with E-state index < -0.39 is 0 Å². The summed E-state index contributed by atoms with van der Waals surface area (Å²) in [6.07, 6.45) is 0.225. The fourth-order valence-corrected chi connectivity index (χ4v) is 2.22. The SMILES string of the molecule is N#CCc1ccc(-c2cc(Cl)ccc2Cl)c(Cl)n1. The third-order valence-electron chi connectivity index (χ3n) is 2.39. The molecule has 2 aromatic rings. The molecule has 0 saturated heterocycles. The van der Waals surface area contributed by atoms with Gasteiger partial charge in [-0.3, -0.25) is 0 Å². The summed E-state index contributed by atoms with van der Waals surface area (Å²) in [7, 11) is 0. The molecule has 2 rings (SSSR count). The molecule has 0 aliphatic heterocycles. The van der Waals surface area contributed by atoms with E-state index >= 15 is 0 Å². The highest BCUT2D eigenvalue weighted by Crippen LogP contribution is 2.34. The molecular formula is C13H7Cl3N2. The van der Waals surface area contributed by atoms with Crippen molar-refractivity contribution in [1.82, 2.24) is 4.98 Å². The zero-order valence-corrected chi connectivity index (χ0v) is 11.4. The molecule has 0 N–H and O–H groups in total. The summed E-state index contributed by atoms with van der Waals surface area (Å²) in [6, 6.07) is 10.7. The van der Waals surface area contributed by atoms with Crippen molar-refractivity contribution >= 4 is 34.8 Å². The van der Waals surface area contributed by atoms with Gasteiger partial charge in [-0.2, -0.15) is 5.26 Å². The lowest BCUT2D eigenvalue weighted by molar-refractivity contribution is 1.12. The zero-order valence-electron chi connectivity index (χ0n) is 9.12. The standard InChI is InChI=1S/C13H7Cl3N2/c14-8-1-4-12(15)11(7-8)10-3-2-9(5-6-17)18-13(10)16/h1-4,7H,5H2. The van der Waals surface area contributed by atoms with Crippen LogP contribution in [0.1, 0.15) is 5.69 Å². The minimum Gasteiger partial charge on any atom is -0.239 e. The molecule has 5 heteroatoms. The van der Waals surface area contributed by atoms with Crippen molar-refractivity contribution in [3.8, 4) is 17.2 Å². The summed E-state index contributed by atoms with van der Waals surface area (Å²) >= 11 is 18.1. The predicted octanol–water partition coefficient (Wildman–Crippen LogP) is 4.77. The van der Waals surface area contributed by atoms with Gasteiger partial charge in [-0.25, -0.2) is 4.98 Å². The van der Waals surface area contributed by atoms with E-state index in [0.717, 1.165) is 5.56 Å². The number of hydrogen-bond acceptors (Lipinski definition) is 2. The van der Waals surface area contributed by atoms with E-state index in [0.29, 0.717) is 26.5 Å². The molecule has 0 fully saturated rings. The van der Waals surface area contributed by atoms with Crippen LogP contribution in [0, 0.1) is 11.3 Å². The zero-order chi connectivity index (χ0) is 13.1. The molecular weight excluding hydrogens is 291 g/mol. The van der Waals surface area contributed by atoms with Gasteiger partial charge in [0.05, 0.1) is 18.2 Å². The number of halogens is 3. The van der Waals surface area contributed by atoms with Gasteiger partial charge in [0, 0.05) is 21.2 Å². The van der Waals surface area contributed by atoms with Crippen molar-refractivity contribution in [2.45, 2.75) is 6.42 Å². The maximum Gasteiger partial charge on any atom is 0.137 e. The molecule has 1 heterocycles. The Morgan fingerprint density at radius 2 is 1.83 bits per heavy atom. The smallest absolute Gasteiger partial charge is 0.137 e. The van der Waals surface area contributed by atoms with Crippen molar-refractivity contribution in [3.05, 3.63) is 51.2 Å². The normalized spacial score (nSPS) is 10.1. The largest absolute Gasteiger partial charge is 0.239 e. The lowest BCUT2D eigenvalue weighted by Gasteiger charge is -2.07. The monoisotopic (exact) mass is 296 g/mol. The number of rotatable bonds is 2. The van der Waals surface area contributed by atoms with Crippen LogP contribution in [-0.4, -0.2) is 4.98 Å². The fourth-order valence-electron chi connectivity index (χ4n) is 1.56. The second-order valence-electron chi connectivity index (χ2n) is 3.60. The van der Waals surface area contributed by atoms with E-state index in [2.05, 4.69) is 4.98 Å². The number of aromatic nitrogens is 1. The van der Waals surface area contributed by atoms with Gasteiger partial charge in [-0.05, 0) is 30.3 Å². The van der Waals surface area contributed by atoms with E-state index in [1.165, 1.54) is 0 Å². The van der Waals surface area contributed by atoms with Gasteiger partial charge in [0.15, 0.2) is 0 Å². The molecule has 0 amide bonds. The molecule has 0 unspecified atom stereocenters. The van der Waals surface area contributed by atoms with Gasteiger partial charge >= 0.3 is 0 Å². The maximum atomic E-state index is 8.61. The van der Waals surface area contributed by atoms with Gasteiger partial charge < -0.3 is 0 Å². The van der Waals surface area contributed by atoms with E-state index in [1.54, 1.807) is 30.3 Å². The fraction of sp³-hybridized carbons (Fsp3) is 0.0769. The second kappa shape index (κ2) is 5.58. The average Bonchev–Trinajstić information content (AvgIpc) is 2.33. The van der Waals surface area contributed by atoms with Gasteiger partial charge in [0.25, 0.3) is 0 Å². The number of nitriles is 1. The van der Waals surface area contributed by atoms with Crippen molar-refractivity contribution < 1.29 is 0 Å². The van der Waals surface area contributed by atoms with Gasteiger partial charge in [0.1, 0.15) is 5.15 Å². The van der Waals surface area contributed by atoms with E-state index in [-0.39, 0.29) is 6.42 Å². The first-order valence-corrected chi connectivity index (χ1v) is 6.23. The van der Waals surface area contributed by atoms with Crippen LogP contribution in [0.25, 0.3) is 11.1 Å². The maximum absolute atomic E-state index is 8.61. The molecule has 18 heavy (non-hydrogen) atoms. The molecule has 90 valence electrons. The number of pyridine rings is 1. The van der Waals surface area contributed by atoms with Crippen molar-refractivity contribution in [2.24, 2.45) is 0 Å². The second-order valence-corrected chi connectivity index (χ2v) is 4.80. The van der Waals surface area contributed by atoms with E-state index in [9.17, 15) is 0 Å². The number of hydrogen-bond donors (Lipinski definition) is 0. The summed E-state index contributed by atoms with van der Waals surface area (Å²) in [6.45, 7) is 0. The van der Waals surface area contributed by atoms with Gasteiger partial charge in [0.2, 0.25) is 0 Å². The van der Waals surface area contributed by atoms with Crippen molar-refractivity contribution in [2.75, 3.05) is 0 Å². The minimum atomic E-state index is 0.225. The summed E-state index contributed by atoms with van der Waals surface area (Å²) < 4.78 is 0. The summed E-state index contributed by atoms with van der Waals surface area (Å²) in [5.41, 5.74) is 2.06. The molecule has 0 spiro atoms. The van der Waals surface area contributed by atoms with Crippen molar-refractivity contribution in [1.29, 1.82) is 5.26 Å². The summed E-state index contributed by atoms with van der Waals surface area (Å²) in [5.74, 6) is 0. The molecule has 0 bridgehead atoms. The Labute approximate surface area is 120 Å². The Balaban J connectivity index is 2.51. The van der Waals surface area contributed by atoms with Gasteiger partial charge in [-0.15, -0.1) is 0 Å². The van der Waals surface area contributed by atoms with Crippen LogP contribution >= 0.6 is 34.8 Å². The number of benzene rings is 1. The van der Waals surface area contributed by atoms with Crippen LogP contribution in [0.2, 0.25) is 15.2 Å². The first kappa shape index (κ1) is 13.2. The molecule has 2 nitrogen and oxygen atoms in total. The molecule has 0 aliphatic carbocycles. The molecule has 1 aromatic carbocycles. The molecule has 0 radical (unpaired) electrons. The third kappa shape index (κ3) is 2.76. The first-order valence-electron chi connectivity index (χ1n) is 5.09. The van der Waals surface area contributed by atoms with E-state index in [4.69, 9.17) is 40.1 Å². The average molecular weight is 298 g/mol. The van der Waals surface area contributed by atoms with Crippen molar-refractivity contribution in [3.63, 3.8) is 0 Å². The third-order valence-corrected chi connectivity index (χ3v) is 3.24. The Morgan fingerprint density at radius 1 is 1.06 bits per heavy atom. The Bertz CT molecular complexity index is 633. The van der Waals surface area contributed by atoms with Crippen LogP contribution in [0.3, 0.4) is 0 Å². The minimum absolute atomic E-state index is 0.225. The van der Waals surface area contributed by atoms with Crippen LogP contribution in [0.5, 0.6) is 0 Å². The molecule has 1 aromatic heterocycles. The molecule has 0 atom stereocenters. The highest BCUT2D eigenvalue weighted by molar-refractivity contribution is 6.37. The summed E-state index contributed by atoms with van der Waals surface area (Å²) in [5, 5.41) is 10.0. The van der Waals surface area contributed by atoms with Crippen LogP contribution in [0.4, 0.5) is 0 Å². The molecule has 0 saturated carbocycles. The number of nitrogens with zero attached hydrogens (tertiary/aromatic N) is 2. The Kier molecular flexibility index (Phi) is 4.08. The quantitative estimate of drug-likeness (QED) is 0.748. The molecule has 0 aliphatic rings. The first-order chi connectivity index (χ1) is 8.61. The van der Waals surface area contributed by atoms with Gasteiger partial charge in [-0.1, -0.05) is 34.8 Å².